The van der Waals surface area contributed by atoms with Crippen molar-refractivity contribution in [1.29, 1.82) is 0 Å². The van der Waals surface area contributed by atoms with E-state index in [1.165, 1.54) is 0 Å². The molecule has 2 heterocycles. The van der Waals surface area contributed by atoms with Gasteiger partial charge in [0, 0.05) is 30.6 Å². The summed E-state index contributed by atoms with van der Waals surface area (Å²) < 4.78 is 0. The summed E-state index contributed by atoms with van der Waals surface area (Å²) in [6.07, 6.45) is 2.50. The standard InChI is InChI=1S/C22H30N4O2S/c1-4-17-7-5-6-8-20(17)24-21(27)14-25(3)22(28)18-9-11-26(12-10-18)13-19-15-29-16(2)23-19/h5-8,15,18H,4,9-14H2,1-3H3,(H,24,27). The highest BCUT2D eigenvalue weighted by Crippen LogP contribution is 2.22. The van der Waals surface area contributed by atoms with Crippen molar-refractivity contribution in [2.45, 2.75) is 39.7 Å². The normalized spacial score (nSPS) is 15.3. The molecule has 1 aromatic carbocycles. The number of benzene rings is 1. The molecule has 0 atom stereocenters. The van der Waals surface area contributed by atoms with E-state index in [0.29, 0.717) is 0 Å². The lowest BCUT2D eigenvalue weighted by atomic mass is 9.95. The van der Waals surface area contributed by atoms with E-state index >= 15 is 0 Å². The molecule has 0 aliphatic carbocycles. The summed E-state index contributed by atoms with van der Waals surface area (Å²) in [6, 6.07) is 7.78. The van der Waals surface area contributed by atoms with Gasteiger partial charge >= 0.3 is 0 Å². The maximum Gasteiger partial charge on any atom is 0.243 e. The van der Waals surface area contributed by atoms with Gasteiger partial charge in [-0.3, -0.25) is 14.5 Å². The molecule has 1 N–H and O–H groups in total. The van der Waals surface area contributed by atoms with Crippen LogP contribution < -0.4 is 5.32 Å². The Kier molecular flexibility index (Phi) is 7.39. The van der Waals surface area contributed by atoms with Gasteiger partial charge in [-0.05, 0) is 50.9 Å². The second-order valence-corrected chi connectivity index (χ2v) is 8.72. The molecule has 1 fully saturated rings. The molecule has 1 saturated heterocycles. The van der Waals surface area contributed by atoms with Crippen molar-refractivity contribution in [3.8, 4) is 0 Å². The number of carbonyl (C=O) groups excluding carboxylic acids is 2. The highest BCUT2D eigenvalue weighted by Gasteiger charge is 2.28. The van der Waals surface area contributed by atoms with Gasteiger partial charge in [0.05, 0.1) is 17.2 Å². The minimum atomic E-state index is -0.155. The fraction of sp³-hybridized carbons (Fsp3) is 0.500. The lowest BCUT2D eigenvalue weighted by Crippen LogP contribution is -2.43. The fourth-order valence-corrected chi connectivity index (χ4v) is 4.40. The summed E-state index contributed by atoms with van der Waals surface area (Å²) in [7, 11) is 1.72. The van der Waals surface area contributed by atoms with E-state index < -0.39 is 0 Å². The Hall–Kier alpha value is -2.25. The maximum absolute atomic E-state index is 12.8. The molecule has 0 bridgehead atoms. The predicted octanol–water partition coefficient (Wildman–Crippen LogP) is 3.32. The lowest BCUT2D eigenvalue weighted by Gasteiger charge is -2.32. The van der Waals surface area contributed by atoms with Crippen LogP contribution in [0.15, 0.2) is 29.6 Å². The van der Waals surface area contributed by atoms with Crippen molar-refractivity contribution in [3.05, 3.63) is 45.9 Å². The second kappa shape index (κ2) is 9.98. The first-order valence-corrected chi connectivity index (χ1v) is 11.1. The van der Waals surface area contributed by atoms with E-state index in [0.717, 1.165) is 60.8 Å². The summed E-state index contributed by atoms with van der Waals surface area (Å²) in [5, 5.41) is 6.14. The van der Waals surface area contributed by atoms with Crippen LogP contribution in [0.4, 0.5) is 5.69 Å². The van der Waals surface area contributed by atoms with Gasteiger partial charge in [-0.2, -0.15) is 0 Å². The summed E-state index contributed by atoms with van der Waals surface area (Å²) in [4.78, 5) is 33.7. The molecule has 7 heteroatoms. The first-order valence-electron chi connectivity index (χ1n) is 10.2. The van der Waals surface area contributed by atoms with Crippen LogP contribution in [0.5, 0.6) is 0 Å². The molecule has 1 aliphatic rings. The van der Waals surface area contributed by atoms with E-state index in [9.17, 15) is 9.59 Å². The number of hydrogen-bond donors (Lipinski definition) is 1. The predicted molar refractivity (Wildman–Crippen MR) is 117 cm³/mol. The average molecular weight is 415 g/mol. The van der Waals surface area contributed by atoms with Crippen molar-refractivity contribution in [2.75, 3.05) is 32.0 Å². The van der Waals surface area contributed by atoms with Gasteiger partial charge in [-0.15, -0.1) is 11.3 Å². The number of nitrogens with one attached hydrogen (secondary N) is 1. The van der Waals surface area contributed by atoms with Crippen molar-refractivity contribution >= 4 is 28.8 Å². The summed E-state index contributed by atoms with van der Waals surface area (Å²) in [5.41, 5.74) is 3.03. The van der Waals surface area contributed by atoms with Gasteiger partial charge in [0.2, 0.25) is 11.8 Å². The zero-order chi connectivity index (χ0) is 20.8. The number of aryl methyl sites for hydroxylation is 2. The highest BCUT2D eigenvalue weighted by atomic mass is 32.1. The van der Waals surface area contributed by atoms with Crippen LogP contribution in [-0.4, -0.2) is 53.3 Å². The highest BCUT2D eigenvalue weighted by molar-refractivity contribution is 7.09. The number of likely N-dealkylation sites (N-methyl/N-ethyl adjacent to an activating group) is 1. The minimum absolute atomic E-state index is 0.0100. The summed E-state index contributed by atoms with van der Waals surface area (Å²) in [6.45, 7) is 6.78. The van der Waals surface area contributed by atoms with Gasteiger partial charge in [0.15, 0.2) is 0 Å². The van der Waals surface area contributed by atoms with E-state index in [4.69, 9.17) is 0 Å². The van der Waals surface area contributed by atoms with Crippen LogP contribution in [0.3, 0.4) is 0 Å². The van der Waals surface area contributed by atoms with Crippen molar-refractivity contribution < 1.29 is 9.59 Å². The monoisotopic (exact) mass is 414 g/mol. The van der Waals surface area contributed by atoms with Gasteiger partial charge in [-0.25, -0.2) is 4.98 Å². The Morgan fingerprint density at radius 2 is 2.00 bits per heavy atom. The number of thiazole rings is 1. The molecule has 0 saturated carbocycles. The molecule has 6 nitrogen and oxygen atoms in total. The van der Waals surface area contributed by atoms with Crippen molar-refractivity contribution in [2.24, 2.45) is 5.92 Å². The lowest BCUT2D eigenvalue weighted by molar-refractivity contribution is -0.138. The zero-order valence-electron chi connectivity index (χ0n) is 17.5. The number of hydrogen-bond acceptors (Lipinski definition) is 5. The number of amides is 2. The topological polar surface area (TPSA) is 65.5 Å². The van der Waals surface area contributed by atoms with Gasteiger partial charge in [0.1, 0.15) is 0 Å². The molecule has 0 spiro atoms. The number of piperidine rings is 1. The minimum Gasteiger partial charge on any atom is -0.336 e. The molecule has 2 amide bonds. The molecule has 0 radical (unpaired) electrons. The van der Waals surface area contributed by atoms with Crippen LogP contribution in [0, 0.1) is 12.8 Å². The molecule has 3 rings (SSSR count). The number of likely N-dealkylation sites (tertiary alicyclic amines) is 1. The Morgan fingerprint density at radius 1 is 1.28 bits per heavy atom. The zero-order valence-corrected chi connectivity index (χ0v) is 18.3. The molecular weight excluding hydrogens is 384 g/mol. The number of carbonyl (C=O) groups is 2. The Balaban J connectivity index is 1.46. The van der Waals surface area contributed by atoms with Gasteiger partial charge in [-0.1, -0.05) is 25.1 Å². The summed E-state index contributed by atoms with van der Waals surface area (Å²) >= 11 is 1.67. The van der Waals surface area contributed by atoms with Crippen LogP contribution in [-0.2, 0) is 22.6 Å². The van der Waals surface area contributed by atoms with Crippen LogP contribution in [0.2, 0.25) is 0 Å². The third-order valence-corrected chi connectivity index (χ3v) is 6.24. The number of nitrogens with zero attached hydrogens (tertiary/aromatic N) is 3. The maximum atomic E-state index is 12.8. The molecule has 0 unspecified atom stereocenters. The third-order valence-electron chi connectivity index (χ3n) is 5.42. The smallest absolute Gasteiger partial charge is 0.243 e. The quantitative estimate of drug-likeness (QED) is 0.755. The number of anilines is 1. The Morgan fingerprint density at radius 3 is 2.66 bits per heavy atom. The number of aromatic nitrogens is 1. The van der Waals surface area contributed by atoms with Crippen LogP contribution >= 0.6 is 11.3 Å². The Bertz CT molecular complexity index is 843. The van der Waals surface area contributed by atoms with Gasteiger partial charge < -0.3 is 10.2 Å². The number of rotatable bonds is 7. The van der Waals surface area contributed by atoms with E-state index in [2.05, 4.69) is 27.5 Å². The van der Waals surface area contributed by atoms with E-state index in [1.807, 2.05) is 31.2 Å². The average Bonchev–Trinajstić information content (AvgIpc) is 3.13. The first kappa shape index (κ1) is 21.5. The van der Waals surface area contributed by atoms with Crippen LogP contribution in [0.1, 0.15) is 36.0 Å². The summed E-state index contributed by atoms with van der Waals surface area (Å²) in [5.74, 6) is -0.102. The SMILES string of the molecule is CCc1ccccc1NC(=O)CN(C)C(=O)C1CCN(Cc2csc(C)n2)CC1. The largest absolute Gasteiger partial charge is 0.336 e. The van der Waals surface area contributed by atoms with Crippen LogP contribution in [0.25, 0.3) is 0 Å². The van der Waals surface area contributed by atoms with E-state index in [1.54, 1.807) is 23.3 Å². The molecule has 156 valence electrons. The fourth-order valence-electron chi connectivity index (χ4n) is 3.79. The van der Waals surface area contributed by atoms with Crippen molar-refractivity contribution in [3.63, 3.8) is 0 Å². The van der Waals surface area contributed by atoms with Crippen molar-refractivity contribution in [1.82, 2.24) is 14.8 Å². The first-order chi connectivity index (χ1) is 14.0. The van der Waals surface area contributed by atoms with Gasteiger partial charge in [0.25, 0.3) is 0 Å². The third kappa shape index (κ3) is 5.87. The molecule has 1 aromatic heterocycles. The second-order valence-electron chi connectivity index (χ2n) is 7.66. The van der Waals surface area contributed by atoms with E-state index in [-0.39, 0.29) is 24.3 Å². The molecule has 2 aromatic rings. The molecule has 1 aliphatic heterocycles. The number of para-hydroxylation sites is 1. The molecular formula is C22H30N4O2S. The Labute approximate surface area is 176 Å². The molecule has 29 heavy (non-hydrogen) atoms.